The minimum Gasteiger partial charge on any atom is -0.471 e. The van der Waals surface area contributed by atoms with Crippen molar-refractivity contribution in [1.29, 1.82) is 5.26 Å². The van der Waals surface area contributed by atoms with Crippen molar-refractivity contribution in [2.24, 2.45) is 29.1 Å². The van der Waals surface area contributed by atoms with Crippen LogP contribution in [0, 0.1) is 40.4 Å². The largest absolute Gasteiger partial charge is 0.471 e. The second-order valence-corrected chi connectivity index (χ2v) is 21.4. The Morgan fingerprint density at radius 2 is 1.76 bits per heavy atom. The summed E-state index contributed by atoms with van der Waals surface area (Å²) in [6, 6.07) is 3.14. The molecule has 3 saturated carbocycles. The lowest BCUT2D eigenvalue weighted by Gasteiger charge is -2.36. The van der Waals surface area contributed by atoms with E-state index in [1.165, 1.54) is 25.1 Å². The lowest BCUT2D eigenvalue weighted by molar-refractivity contribution is -0.143. The summed E-state index contributed by atoms with van der Waals surface area (Å²) in [5, 5.41) is 14.6. The fourth-order valence-electron chi connectivity index (χ4n) is 9.15. The summed E-state index contributed by atoms with van der Waals surface area (Å²) in [5.74, 6) is -9.23. The van der Waals surface area contributed by atoms with Crippen LogP contribution >= 0.6 is 0 Å². The zero-order valence-corrected chi connectivity index (χ0v) is 36.3. The zero-order chi connectivity index (χ0) is 45.3. The number of rotatable bonds is 6. The Bertz CT molecular complexity index is 2300. The molecular weight excluding hydrogens is 839 g/mol. The predicted molar refractivity (Wildman–Crippen MR) is 214 cm³/mol. The molecule has 9 atom stereocenters. The van der Waals surface area contributed by atoms with Crippen LogP contribution in [-0.2, 0) is 35.1 Å². The fourth-order valence-corrected chi connectivity index (χ4v) is 10.5. The van der Waals surface area contributed by atoms with Gasteiger partial charge >= 0.3 is 6.09 Å². The van der Waals surface area contributed by atoms with Crippen LogP contribution in [0.1, 0.15) is 111 Å². The molecule has 4 amide bonds. The van der Waals surface area contributed by atoms with Crippen molar-refractivity contribution in [2.45, 2.75) is 146 Å². The van der Waals surface area contributed by atoms with Crippen molar-refractivity contribution in [3.63, 3.8) is 0 Å². The number of nitriles is 1. The first-order chi connectivity index (χ1) is 28.9. The van der Waals surface area contributed by atoms with Gasteiger partial charge in [0.15, 0.2) is 5.69 Å². The summed E-state index contributed by atoms with van der Waals surface area (Å²) in [5.41, 5.74) is -3.91. The number of hydrogen-bond donors (Lipinski definition) is 3. The maximum absolute atomic E-state index is 16.4. The van der Waals surface area contributed by atoms with Crippen molar-refractivity contribution in [1.82, 2.24) is 30.2 Å². The highest BCUT2D eigenvalue weighted by molar-refractivity contribution is 7.91. The number of ether oxygens (including phenoxy) is 2. The van der Waals surface area contributed by atoms with Gasteiger partial charge in [0.1, 0.15) is 29.8 Å². The molecule has 1 aromatic carbocycles. The summed E-state index contributed by atoms with van der Waals surface area (Å²) in [6.45, 7) is 9.95. The quantitative estimate of drug-likeness (QED) is 0.311. The van der Waals surface area contributed by atoms with E-state index in [1.54, 1.807) is 20.8 Å². The Balaban J connectivity index is 1.28. The number of halogens is 4. The second kappa shape index (κ2) is 16.1. The van der Waals surface area contributed by atoms with E-state index in [0.29, 0.717) is 19.3 Å². The second-order valence-electron chi connectivity index (χ2n) is 19.2. The van der Waals surface area contributed by atoms with Crippen LogP contribution in [-0.4, -0.2) is 94.6 Å². The number of hydrogen-bond acceptors (Lipinski definition) is 11. The van der Waals surface area contributed by atoms with Gasteiger partial charge in [-0.15, -0.1) is 0 Å². The first kappa shape index (κ1) is 45.2. The normalized spacial score (nSPS) is 32.2. The minimum absolute atomic E-state index is 0.0570. The highest BCUT2D eigenvalue weighted by Gasteiger charge is 2.67. The van der Waals surface area contributed by atoms with Gasteiger partial charge < -0.3 is 25.0 Å². The Hall–Kier alpha value is -4.80. The topological polar surface area (TPSA) is 210 Å². The van der Waals surface area contributed by atoms with E-state index < -0.39 is 129 Å². The van der Waals surface area contributed by atoms with E-state index in [4.69, 9.17) is 9.47 Å². The van der Waals surface area contributed by atoms with Gasteiger partial charge in [0, 0.05) is 12.8 Å². The van der Waals surface area contributed by atoms with Gasteiger partial charge in [-0.25, -0.2) is 32.0 Å². The van der Waals surface area contributed by atoms with Crippen LogP contribution in [0.3, 0.4) is 0 Å². The molecule has 0 radical (unpaired) electrons. The number of alkyl halides is 4. The van der Waals surface area contributed by atoms with Crippen molar-refractivity contribution >= 4 is 44.9 Å². The number of fused-ring (bicyclic) bond motifs is 5. The van der Waals surface area contributed by atoms with Crippen LogP contribution in [0.15, 0.2) is 18.2 Å². The van der Waals surface area contributed by atoms with Gasteiger partial charge in [-0.1, -0.05) is 41.0 Å². The van der Waals surface area contributed by atoms with Gasteiger partial charge in [0.05, 0.1) is 39.9 Å². The number of amides is 4. The van der Waals surface area contributed by atoms with E-state index in [0.717, 1.165) is 4.90 Å². The molecule has 20 heteroatoms. The number of aromatic nitrogens is 2. The van der Waals surface area contributed by atoms with Crippen molar-refractivity contribution in [2.75, 3.05) is 6.54 Å². The molecule has 2 aliphatic heterocycles. The number of carbonyl (C=O) groups excluding carboxylic acids is 4. The number of nitrogens with one attached hydrogen (secondary N) is 3. The third kappa shape index (κ3) is 8.61. The Morgan fingerprint density at radius 3 is 2.39 bits per heavy atom. The molecule has 0 spiro atoms. The Morgan fingerprint density at radius 1 is 1.05 bits per heavy atom. The molecule has 7 rings (SSSR count). The molecule has 3 N–H and O–H groups in total. The highest BCUT2D eigenvalue weighted by Crippen LogP contribution is 2.50. The van der Waals surface area contributed by atoms with Gasteiger partial charge in [-0.2, -0.15) is 14.0 Å². The molecule has 15 nitrogen and oxygen atoms in total. The SMILES string of the molecule is C[C@@H]1[C@H]2CCCCC(F)(F)c3nc4ccc(C#N)cc4nc3O[C@@H]3C[C@@H](C(=O)N[C@]4(C(=O)NS(=O)(=O)C5(C)CC5)C[C@H]4C(F)F)N(C3)C(=O)[C@H](C(C)(C)C)NC(=O)O[C@@H]2C[C@@H]1C. The summed E-state index contributed by atoms with van der Waals surface area (Å²) in [7, 11) is -4.32. The molecule has 2 bridgehead atoms. The average molecular weight is 892 g/mol. The number of carbonyl (C=O) groups is 4. The zero-order valence-electron chi connectivity index (χ0n) is 35.5. The lowest BCUT2D eigenvalue weighted by Crippen LogP contribution is -2.60. The van der Waals surface area contributed by atoms with Crippen LogP contribution in [0.2, 0.25) is 0 Å². The number of sulfonamides is 1. The minimum atomic E-state index is -4.32. The highest BCUT2D eigenvalue weighted by atomic mass is 32.2. The van der Waals surface area contributed by atoms with Crippen molar-refractivity contribution in [3.05, 3.63) is 29.5 Å². The molecule has 1 saturated heterocycles. The molecule has 4 fully saturated rings. The summed E-state index contributed by atoms with van der Waals surface area (Å²) < 4.78 is 100. The van der Waals surface area contributed by atoms with Gasteiger partial charge in [-0.3, -0.25) is 19.1 Å². The first-order valence-electron chi connectivity index (χ1n) is 21.1. The van der Waals surface area contributed by atoms with Crippen molar-refractivity contribution < 1.29 is 54.6 Å². The smallest absolute Gasteiger partial charge is 0.408 e. The Kier molecular flexibility index (Phi) is 11.7. The number of alkyl carbamates (subject to hydrolysis) is 1. The number of benzene rings is 1. The summed E-state index contributed by atoms with van der Waals surface area (Å²) >= 11 is 0. The molecule has 0 unspecified atom stereocenters. The summed E-state index contributed by atoms with van der Waals surface area (Å²) in [4.78, 5) is 66.2. The van der Waals surface area contributed by atoms with Crippen LogP contribution < -0.4 is 20.1 Å². The standard InChI is InChI=1S/C42H53F4N7O8S/c1-21-15-30-25(22(21)2)9-7-8-12-42(45,46)31-35(49-28-16-23(19-47)10-11-27(28)48-31)60-24-17-29(53(20-24)36(55)32(39(3,4)5)50-38(57)61-30)34(54)51-41(18-26(41)33(43)44)37(56)52-62(58,59)40(6)13-14-40/h10-11,16,21-22,24-26,29-30,32-33H,7-9,12-15,17-18,20H2,1-6H3,(H,50,57)(H,51,54)(H,52,56)/t21-,22-,24+,25+,26-,29-,30+,32+,41+/m0/s1. The van der Waals surface area contributed by atoms with E-state index in [1.807, 2.05) is 24.6 Å². The van der Waals surface area contributed by atoms with E-state index in [9.17, 15) is 41.6 Å². The predicted octanol–water partition coefficient (Wildman–Crippen LogP) is 5.46. The molecule has 3 aliphatic carbocycles. The van der Waals surface area contributed by atoms with E-state index >= 15 is 8.78 Å². The molecule has 1 aromatic heterocycles. The summed E-state index contributed by atoms with van der Waals surface area (Å²) in [6.07, 6.45) is -5.70. The molecule has 2 aromatic rings. The molecule has 62 heavy (non-hydrogen) atoms. The van der Waals surface area contributed by atoms with Crippen molar-refractivity contribution in [3.8, 4) is 11.9 Å². The monoisotopic (exact) mass is 891 g/mol. The van der Waals surface area contributed by atoms with Crippen LogP contribution in [0.5, 0.6) is 5.88 Å². The molecule has 338 valence electrons. The Labute approximate surface area is 357 Å². The van der Waals surface area contributed by atoms with Gasteiger partial charge in [0.2, 0.25) is 34.1 Å². The molecular formula is C42H53F4N7O8S. The van der Waals surface area contributed by atoms with Crippen LogP contribution in [0.4, 0.5) is 22.4 Å². The molecule has 3 heterocycles. The van der Waals surface area contributed by atoms with Gasteiger partial charge in [0.25, 0.3) is 11.8 Å². The molecule has 5 aliphatic rings. The maximum Gasteiger partial charge on any atom is 0.408 e. The van der Waals surface area contributed by atoms with Gasteiger partial charge in [-0.05, 0) is 86.8 Å². The average Bonchev–Trinajstić information content (AvgIpc) is 4.06. The maximum atomic E-state index is 16.4. The van der Waals surface area contributed by atoms with Crippen LogP contribution in [0.25, 0.3) is 11.0 Å². The third-order valence-electron chi connectivity index (χ3n) is 13.7. The number of nitrogens with zero attached hydrogens (tertiary/aromatic N) is 4. The first-order valence-corrected chi connectivity index (χ1v) is 22.6. The van der Waals surface area contributed by atoms with E-state index in [-0.39, 0.29) is 53.6 Å². The third-order valence-corrected chi connectivity index (χ3v) is 15.9. The fraction of sp³-hybridized carbons (Fsp3) is 0.690. The lowest BCUT2D eigenvalue weighted by atomic mass is 9.85. The van der Waals surface area contributed by atoms with E-state index in [2.05, 4.69) is 20.6 Å².